The molecule has 22 heteroatoms. The van der Waals surface area contributed by atoms with E-state index in [-0.39, 0.29) is 17.0 Å². The summed E-state index contributed by atoms with van der Waals surface area (Å²) < 4.78 is 82.6. The van der Waals surface area contributed by atoms with E-state index in [9.17, 15) is 9.46 Å². The summed E-state index contributed by atoms with van der Waals surface area (Å²) in [7, 11) is 1.34. The molecule has 15 nitrogen and oxygen atoms in total. The molecule has 1 aromatic carbocycles. The molecular weight excluding hydrogens is 693 g/mol. The van der Waals surface area contributed by atoms with E-state index < -0.39 is 76.1 Å². The topological polar surface area (TPSA) is 180 Å². The monoisotopic (exact) mass is 717 g/mol. The van der Waals surface area contributed by atoms with E-state index in [0.717, 1.165) is 0 Å². The first-order valence-electron chi connectivity index (χ1n) is 13.7. The average molecular weight is 718 g/mol. The molecule has 3 aliphatic heterocycles. The zero-order valence-corrected chi connectivity index (χ0v) is 27.3. The second-order valence-electron chi connectivity index (χ2n) is 11.3. The molecule has 0 saturated carbocycles. The van der Waals surface area contributed by atoms with Gasteiger partial charge in [0.05, 0.1) is 36.9 Å². The van der Waals surface area contributed by atoms with Crippen LogP contribution in [0.3, 0.4) is 0 Å². The molecule has 7 rings (SSSR count). The van der Waals surface area contributed by atoms with Crippen molar-refractivity contribution in [2.45, 2.75) is 62.6 Å². The summed E-state index contributed by atoms with van der Waals surface area (Å²) >= 11 is 11.5. The number of fused-ring (bicyclic) bond motifs is 4. The number of nitrogen functional groups attached to an aromatic ring is 1. The summed E-state index contributed by atoms with van der Waals surface area (Å²) in [6.07, 6.45) is -7.72. The Labute approximate surface area is 270 Å². The number of hydrogen-bond donors (Lipinski definition) is 2. The maximum atomic E-state index is 16.3. The van der Waals surface area contributed by atoms with Crippen LogP contribution in [0.15, 0.2) is 31.1 Å². The number of aryl methyl sites for hydroxylation is 1. The third-order valence-electron chi connectivity index (χ3n) is 8.06. The van der Waals surface area contributed by atoms with Crippen LogP contribution in [0, 0.1) is 6.92 Å². The van der Waals surface area contributed by atoms with Gasteiger partial charge in [0, 0.05) is 5.02 Å². The van der Waals surface area contributed by atoms with Crippen molar-refractivity contribution in [3.8, 4) is 0 Å². The van der Waals surface area contributed by atoms with Crippen LogP contribution in [0.4, 0.5) is 14.6 Å². The van der Waals surface area contributed by atoms with Crippen molar-refractivity contribution in [2.24, 2.45) is 0 Å². The molecule has 6 heterocycles. The van der Waals surface area contributed by atoms with Crippen LogP contribution < -0.4 is 5.73 Å². The first-order chi connectivity index (χ1) is 21.7. The standard InChI is InChI=1S/C24H25BClF2N7O8P2S/c1-10-3-13-12(4-11(10)26)32-8-34(13)23-16(28)19-24(2,41-23)6-39-45(37,46)42-18-14(5-38-44(25,36)43-19)40-22(15(18)27)35-9-33-17-20(29)30-7-31-21(17)35/h3-4,7-9,14-16,18-19,22-23H,5-6H2,1-2H3,(H,37,46)(H2,29,30,31)/t14-,15?,16+,18+,19?,22-,23-,24-,44?,45?/m1/s1. The molecule has 244 valence electrons. The first-order valence-corrected chi connectivity index (χ1v) is 18.3. The second-order valence-corrected chi connectivity index (χ2v) is 16.0. The normalized spacial score (nSPS) is 38.8. The smallest absolute Gasteiger partial charge is 0.325 e. The molecule has 0 amide bonds. The van der Waals surface area contributed by atoms with Crippen LogP contribution >= 0.6 is 25.8 Å². The molecule has 3 aliphatic rings. The van der Waals surface area contributed by atoms with Crippen LogP contribution in [0.2, 0.25) is 5.02 Å². The van der Waals surface area contributed by atoms with Gasteiger partial charge in [0.25, 0.3) is 7.47 Å². The third-order valence-corrected chi connectivity index (χ3v) is 11.0. The minimum Gasteiger partial charge on any atom is -0.382 e. The number of alkyl halides is 2. The number of rotatable bonds is 2. The molecule has 0 aliphatic carbocycles. The molecule has 2 radical (unpaired) electrons. The number of nitrogens with zero attached hydrogens (tertiary/aromatic N) is 6. The number of benzene rings is 1. The zero-order chi connectivity index (χ0) is 32.8. The van der Waals surface area contributed by atoms with Gasteiger partial charge in [-0.3, -0.25) is 13.7 Å². The van der Waals surface area contributed by atoms with E-state index >= 15 is 8.78 Å². The lowest BCUT2D eigenvalue weighted by Crippen LogP contribution is -2.45. The lowest BCUT2D eigenvalue weighted by atomic mass is 9.99. The fraction of sp³-hybridized carbons (Fsp3) is 0.500. The van der Waals surface area contributed by atoms with Crippen LogP contribution in [-0.4, -0.2) is 91.0 Å². The van der Waals surface area contributed by atoms with Crippen molar-refractivity contribution < 1.29 is 45.8 Å². The van der Waals surface area contributed by atoms with Crippen molar-refractivity contribution in [1.29, 1.82) is 0 Å². The highest BCUT2D eigenvalue weighted by Crippen LogP contribution is 2.56. The van der Waals surface area contributed by atoms with Crippen LogP contribution in [-0.2, 0) is 43.9 Å². The number of hydrogen-bond acceptors (Lipinski definition) is 13. The number of imidazole rings is 2. The van der Waals surface area contributed by atoms with E-state index in [1.165, 1.54) is 35.0 Å². The minimum atomic E-state index is -4.59. The van der Waals surface area contributed by atoms with Gasteiger partial charge in [0.15, 0.2) is 36.3 Å². The van der Waals surface area contributed by atoms with Crippen LogP contribution in [0.25, 0.3) is 22.2 Å². The van der Waals surface area contributed by atoms with Gasteiger partial charge in [-0.1, -0.05) is 11.6 Å². The maximum absolute atomic E-state index is 16.3. The molecule has 3 aromatic heterocycles. The van der Waals surface area contributed by atoms with Gasteiger partial charge >= 0.3 is 6.72 Å². The van der Waals surface area contributed by atoms with Gasteiger partial charge in [0.1, 0.15) is 35.8 Å². The molecule has 4 unspecified atom stereocenters. The molecule has 0 spiro atoms. The molecule has 10 atom stereocenters. The van der Waals surface area contributed by atoms with Crippen molar-refractivity contribution in [3.63, 3.8) is 0 Å². The van der Waals surface area contributed by atoms with E-state index in [4.69, 9.17) is 64.3 Å². The number of anilines is 1. The van der Waals surface area contributed by atoms with Crippen LogP contribution in [0.5, 0.6) is 0 Å². The fourth-order valence-corrected chi connectivity index (χ4v) is 8.47. The highest BCUT2D eigenvalue weighted by atomic mass is 35.5. The number of aromatic nitrogens is 6. The van der Waals surface area contributed by atoms with Crippen molar-refractivity contribution >= 4 is 73.2 Å². The summed E-state index contributed by atoms with van der Waals surface area (Å²) in [6.45, 7) is -2.44. The van der Waals surface area contributed by atoms with Gasteiger partial charge in [-0.05, 0) is 43.4 Å². The quantitative estimate of drug-likeness (QED) is 0.227. The predicted molar refractivity (Wildman–Crippen MR) is 163 cm³/mol. The van der Waals surface area contributed by atoms with Gasteiger partial charge in [0.2, 0.25) is 7.57 Å². The van der Waals surface area contributed by atoms with Gasteiger partial charge in [-0.2, -0.15) is 0 Å². The molecule has 0 bridgehead atoms. The summed E-state index contributed by atoms with van der Waals surface area (Å²) in [5.74, 6) is 0.0547. The number of halogens is 3. The Balaban J connectivity index is 1.19. The zero-order valence-electron chi connectivity index (χ0n) is 23.9. The van der Waals surface area contributed by atoms with Gasteiger partial charge in [-0.25, -0.2) is 28.7 Å². The van der Waals surface area contributed by atoms with Crippen molar-refractivity contribution in [1.82, 2.24) is 29.1 Å². The highest BCUT2D eigenvalue weighted by Gasteiger charge is 2.58. The first kappa shape index (κ1) is 32.4. The Bertz CT molecular complexity index is 1950. The summed E-state index contributed by atoms with van der Waals surface area (Å²) in [5.41, 5.74) is 6.09. The summed E-state index contributed by atoms with van der Waals surface area (Å²) in [5, 5.41) is 0.467. The van der Waals surface area contributed by atoms with E-state index in [2.05, 4.69) is 19.9 Å². The lowest BCUT2D eigenvalue weighted by Gasteiger charge is -2.34. The summed E-state index contributed by atoms with van der Waals surface area (Å²) in [4.78, 5) is 27.4. The summed E-state index contributed by atoms with van der Waals surface area (Å²) in [6, 6.07) is 3.33. The Morgan fingerprint density at radius 2 is 1.89 bits per heavy atom. The van der Waals surface area contributed by atoms with Gasteiger partial charge < -0.3 is 38.2 Å². The Hall–Kier alpha value is -2.15. The van der Waals surface area contributed by atoms with E-state index in [0.29, 0.717) is 21.6 Å². The molecule has 46 heavy (non-hydrogen) atoms. The SMILES string of the molecule is [B]P1(=O)OC[C@H]2O[C@@H](n3cnc4c(N)ncnc43)C(F)[C@H]2OP(O)(=S)OC[C@@]2(C)O[C@@H](n3cnc4cc(Cl)c(C)cc43)[C@@H](F)C2O1. The van der Waals surface area contributed by atoms with Crippen molar-refractivity contribution in [3.05, 3.63) is 41.7 Å². The largest absolute Gasteiger partial charge is 0.382 e. The van der Waals surface area contributed by atoms with Gasteiger partial charge in [-0.15, -0.1) is 0 Å². The number of ether oxygens (including phenoxy) is 2. The fourth-order valence-electron chi connectivity index (χ4n) is 5.74. The maximum Gasteiger partial charge on any atom is 0.325 e. The average Bonchev–Trinajstić information content (AvgIpc) is 3.73. The second kappa shape index (κ2) is 11.5. The predicted octanol–water partition coefficient (Wildman–Crippen LogP) is 3.59. The Kier molecular flexibility index (Phi) is 8.09. The molecule has 3 N–H and O–H groups in total. The minimum absolute atomic E-state index is 0.0547. The Morgan fingerprint density at radius 3 is 2.67 bits per heavy atom. The van der Waals surface area contributed by atoms with Crippen molar-refractivity contribution in [2.75, 3.05) is 18.9 Å². The lowest BCUT2D eigenvalue weighted by molar-refractivity contribution is -0.112. The molecule has 3 saturated heterocycles. The van der Waals surface area contributed by atoms with E-state index in [1.54, 1.807) is 19.1 Å². The molecular formula is C24H25BClF2N7O8P2S. The number of nitrogens with two attached hydrogens (primary N) is 1. The third kappa shape index (κ3) is 5.58. The van der Waals surface area contributed by atoms with Crippen LogP contribution in [0.1, 0.15) is 24.9 Å². The Morgan fingerprint density at radius 1 is 1.13 bits per heavy atom. The van der Waals surface area contributed by atoms with E-state index in [1.807, 2.05) is 0 Å². The molecule has 4 aromatic rings. The highest BCUT2D eigenvalue weighted by molar-refractivity contribution is 8.07. The molecule has 3 fully saturated rings.